The monoisotopic (exact) mass is 307 g/mol. The predicted octanol–water partition coefficient (Wildman–Crippen LogP) is 2.40. The Labute approximate surface area is 112 Å². The van der Waals surface area contributed by atoms with Crippen molar-refractivity contribution >= 4 is 27.8 Å². The number of carbonyl (C=O) groups excluding carboxylic acids is 2. The normalized spacial score (nSPS) is 11.1. The average Bonchev–Trinajstić information content (AvgIpc) is 2.19. The molecule has 0 rings (SSSR count). The van der Waals surface area contributed by atoms with Gasteiger partial charge in [-0.3, -0.25) is 9.59 Å². The molecule has 1 N–H and O–H groups in total. The van der Waals surface area contributed by atoms with Crippen molar-refractivity contribution in [1.82, 2.24) is 5.32 Å². The minimum absolute atomic E-state index is 0.0125. The average molecular weight is 308 g/mol. The molecule has 100 valence electrons. The highest BCUT2D eigenvalue weighted by atomic mass is 79.9. The summed E-state index contributed by atoms with van der Waals surface area (Å²) in [4.78, 5) is 21.9. The number of rotatable bonds is 8. The molecule has 0 fully saturated rings. The van der Waals surface area contributed by atoms with Gasteiger partial charge in [0.25, 0.3) is 0 Å². The lowest BCUT2D eigenvalue weighted by atomic mass is 10.2. The van der Waals surface area contributed by atoms with Gasteiger partial charge in [-0.15, -0.1) is 0 Å². The van der Waals surface area contributed by atoms with Crippen molar-refractivity contribution in [3.05, 3.63) is 0 Å². The van der Waals surface area contributed by atoms with E-state index in [1.165, 1.54) is 6.92 Å². The highest BCUT2D eigenvalue weighted by Gasteiger charge is 2.24. The Morgan fingerprint density at radius 2 is 1.76 bits per heavy atom. The third-order valence-electron chi connectivity index (χ3n) is 2.16. The summed E-state index contributed by atoms with van der Waals surface area (Å²) in [6, 6.07) is 0. The molecule has 0 unspecified atom stereocenters. The highest BCUT2D eigenvalue weighted by Crippen LogP contribution is 2.17. The molecule has 0 aromatic rings. The molecule has 0 aliphatic heterocycles. The standard InChI is InChI=1S/C12H22BrNO3/c1-10(15)14-8-6-4-5-7-9-17-11(16)12(2,3)13/h4-9H2,1-3H3,(H,14,15). The topological polar surface area (TPSA) is 55.4 Å². The van der Waals surface area contributed by atoms with Crippen LogP contribution in [0, 0.1) is 0 Å². The number of hydrogen-bond acceptors (Lipinski definition) is 3. The van der Waals surface area contributed by atoms with E-state index >= 15 is 0 Å². The number of alkyl halides is 1. The number of ether oxygens (including phenoxy) is 1. The summed E-state index contributed by atoms with van der Waals surface area (Å²) in [6.45, 7) is 6.24. The number of unbranched alkanes of at least 4 members (excludes halogenated alkanes) is 3. The lowest BCUT2D eigenvalue weighted by Gasteiger charge is -2.14. The quantitative estimate of drug-likeness (QED) is 0.425. The molecule has 0 saturated carbocycles. The van der Waals surface area contributed by atoms with Crippen LogP contribution in [0.25, 0.3) is 0 Å². The molecule has 0 aromatic carbocycles. The molecule has 0 saturated heterocycles. The number of nitrogens with one attached hydrogen (secondary N) is 1. The lowest BCUT2D eigenvalue weighted by molar-refractivity contribution is -0.145. The molecule has 0 aliphatic rings. The highest BCUT2D eigenvalue weighted by molar-refractivity contribution is 9.10. The Kier molecular flexibility index (Phi) is 8.21. The number of hydrogen-bond donors (Lipinski definition) is 1. The van der Waals surface area contributed by atoms with Crippen molar-refractivity contribution in [2.75, 3.05) is 13.2 Å². The van der Waals surface area contributed by atoms with E-state index in [-0.39, 0.29) is 11.9 Å². The van der Waals surface area contributed by atoms with E-state index in [9.17, 15) is 9.59 Å². The van der Waals surface area contributed by atoms with Crippen molar-refractivity contribution in [3.63, 3.8) is 0 Å². The van der Waals surface area contributed by atoms with E-state index in [2.05, 4.69) is 21.2 Å². The molecule has 17 heavy (non-hydrogen) atoms. The summed E-state index contributed by atoms with van der Waals surface area (Å²) >= 11 is 3.25. The van der Waals surface area contributed by atoms with Crippen LogP contribution in [0.1, 0.15) is 46.5 Å². The van der Waals surface area contributed by atoms with Crippen molar-refractivity contribution in [2.24, 2.45) is 0 Å². The van der Waals surface area contributed by atoms with Gasteiger partial charge in [-0.2, -0.15) is 0 Å². The largest absolute Gasteiger partial charge is 0.465 e. The zero-order valence-corrected chi connectivity index (χ0v) is 12.4. The Balaban J connectivity index is 3.30. The molecule has 0 heterocycles. The van der Waals surface area contributed by atoms with E-state index < -0.39 is 4.32 Å². The molecule has 4 nitrogen and oxygen atoms in total. The summed E-state index contributed by atoms with van der Waals surface area (Å²) < 4.78 is 4.50. The van der Waals surface area contributed by atoms with Gasteiger partial charge in [0.15, 0.2) is 0 Å². The summed E-state index contributed by atoms with van der Waals surface area (Å²) in [7, 11) is 0. The zero-order chi connectivity index (χ0) is 13.3. The molecule has 0 aromatic heterocycles. The van der Waals surface area contributed by atoms with Crippen LogP contribution in [0.5, 0.6) is 0 Å². The van der Waals surface area contributed by atoms with Crippen LogP contribution in [0.2, 0.25) is 0 Å². The SMILES string of the molecule is CC(=O)NCCCCCCOC(=O)C(C)(C)Br. The number of esters is 1. The fraction of sp³-hybridized carbons (Fsp3) is 0.833. The van der Waals surface area contributed by atoms with Crippen molar-refractivity contribution < 1.29 is 14.3 Å². The van der Waals surface area contributed by atoms with Crippen molar-refractivity contribution in [3.8, 4) is 0 Å². The third-order valence-corrected chi connectivity index (χ3v) is 2.49. The van der Waals surface area contributed by atoms with Crippen LogP contribution >= 0.6 is 15.9 Å². The molecule has 0 radical (unpaired) electrons. The second-order valence-electron chi connectivity index (χ2n) is 4.51. The summed E-state index contributed by atoms with van der Waals surface area (Å²) in [6.07, 6.45) is 3.89. The second kappa shape index (κ2) is 8.50. The van der Waals surface area contributed by atoms with Crippen LogP contribution in [-0.4, -0.2) is 29.4 Å². The zero-order valence-electron chi connectivity index (χ0n) is 10.8. The molecular formula is C12H22BrNO3. The van der Waals surface area contributed by atoms with Gasteiger partial charge in [0.1, 0.15) is 4.32 Å². The van der Waals surface area contributed by atoms with Gasteiger partial charge in [0.05, 0.1) is 6.61 Å². The molecule has 0 aliphatic carbocycles. The van der Waals surface area contributed by atoms with E-state index in [1.807, 2.05) is 0 Å². The second-order valence-corrected chi connectivity index (χ2v) is 6.49. The molecule has 5 heteroatoms. The van der Waals surface area contributed by atoms with E-state index in [0.717, 1.165) is 32.2 Å². The molecular weight excluding hydrogens is 286 g/mol. The van der Waals surface area contributed by atoms with Crippen molar-refractivity contribution in [1.29, 1.82) is 0 Å². The van der Waals surface area contributed by atoms with Gasteiger partial charge in [-0.05, 0) is 33.1 Å². The number of halogens is 1. The summed E-state index contributed by atoms with van der Waals surface area (Å²) in [5, 5.41) is 2.74. The van der Waals surface area contributed by atoms with Crippen LogP contribution < -0.4 is 5.32 Å². The summed E-state index contributed by atoms with van der Waals surface area (Å²) in [5.41, 5.74) is 0. The van der Waals surface area contributed by atoms with Gasteiger partial charge in [0.2, 0.25) is 5.91 Å². The first kappa shape index (κ1) is 16.4. The van der Waals surface area contributed by atoms with Gasteiger partial charge in [-0.25, -0.2) is 0 Å². The Hall–Kier alpha value is -0.580. The Morgan fingerprint density at radius 3 is 2.29 bits per heavy atom. The first-order chi connectivity index (χ1) is 7.84. The maximum absolute atomic E-state index is 11.4. The van der Waals surface area contributed by atoms with Gasteiger partial charge < -0.3 is 10.1 Å². The van der Waals surface area contributed by atoms with Gasteiger partial charge in [0, 0.05) is 13.5 Å². The van der Waals surface area contributed by atoms with Crippen LogP contribution in [-0.2, 0) is 14.3 Å². The minimum Gasteiger partial charge on any atom is -0.465 e. The summed E-state index contributed by atoms with van der Waals surface area (Å²) in [5.74, 6) is -0.214. The van der Waals surface area contributed by atoms with Gasteiger partial charge in [-0.1, -0.05) is 22.4 Å². The van der Waals surface area contributed by atoms with E-state index in [0.29, 0.717) is 6.61 Å². The van der Waals surface area contributed by atoms with Crippen LogP contribution in [0.15, 0.2) is 0 Å². The Morgan fingerprint density at radius 1 is 1.18 bits per heavy atom. The fourth-order valence-electron chi connectivity index (χ4n) is 1.18. The van der Waals surface area contributed by atoms with Crippen LogP contribution in [0.4, 0.5) is 0 Å². The van der Waals surface area contributed by atoms with E-state index in [4.69, 9.17) is 4.74 Å². The Bertz CT molecular complexity index is 249. The molecule has 1 amide bonds. The molecule has 0 bridgehead atoms. The minimum atomic E-state index is -0.599. The first-order valence-corrected chi connectivity index (χ1v) is 6.74. The molecule has 0 atom stereocenters. The smallest absolute Gasteiger partial charge is 0.322 e. The maximum atomic E-state index is 11.4. The fourth-order valence-corrected chi connectivity index (χ4v) is 1.30. The first-order valence-electron chi connectivity index (χ1n) is 5.94. The van der Waals surface area contributed by atoms with Gasteiger partial charge >= 0.3 is 5.97 Å². The molecule has 0 spiro atoms. The predicted molar refractivity (Wildman–Crippen MR) is 71.1 cm³/mol. The van der Waals surface area contributed by atoms with E-state index in [1.54, 1.807) is 13.8 Å². The van der Waals surface area contributed by atoms with Crippen molar-refractivity contribution in [2.45, 2.75) is 50.8 Å². The maximum Gasteiger partial charge on any atom is 0.322 e. The van der Waals surface area contributed by atoms with Crippen LogP contribution in [0.3, 0.4) is 0 Å². The third kappa shape index (κ3) is 10.3. The lowest BCUT2D eigenvalue weighted by Crippen LogP contribution is -2.26. The number of carbonyl (C=O) groups is 2. The number of amides is 1.